The van der Waals surface area contributed by atoms with Gasteiger partial charge in [0.25, 0.3) is 0 Å². The van der Waals surface area contributed by atoms with Crippen molar-refractivity contribution < 1.29 is 18.3 Å². The molecule has 1 N–H and O–H groups in total. The first-order valence-electron chi connectivity index (χ1n) is 5.82. The third kappa shape index (κ3) is 3.52. The normalized spacial score (nSPS) is 11.8. The zero-order chi connectivity index (χ0) is 15.6. The number of hydrogen-bond acceptors (Lipinski definition) is 4. The van der Waals surface area contributed by atoms with Gasteiger partial charge in [-0.05, 0) is 56.5 Å². The summed E-state index contributed by atoms with van der Waals surface area (Å²) in [6.07, 6.45) is 0. The van der Waals surface area contributed by atoms with Gasteiger partial charge in [0.1, 0.15) is 0 Å². The molecule has 0 atom stereocenters. The Balaban J connectivity index is 2.33. The highest BCUT2D eigenvalue weighted by Gasteiger charge is 2.24. The zero-order valence-electron chi connectivity index (χ0n) is 11.0. The number of hydrogen-bond donors (Lipinski definition) is 1. The molecular weight excluding hydrogens is 378 g/mol. The van der Waals surface area contributed by atoms with Gasteiger partial charge >= 0.3 is 5.97 Å². The highest BCUT2D eigenvalue weighted by atomic mass is 79.9. The second-order valence-corrected chi connectivity index (χ2v) is 7.99. The maximum Gasteiger partial charge on any atom is 0.335 e. The van der Waals surface area contributed by atoms with Crippen LogP contribution in [-0.2, 0) is 16.6 Å². The van der Waals surface area contributed by atoms with Crippen LogP contribution in [0.4, 0.5) is 0 Å². The van der Waals surface area contributed by atoms with Crippen LogP contribution in [0.3, 0.4) is 0 Å². The molecule has 8 heteroatoms. The largest absolute Gasteiger partial charge is 0.478 e. The Morgan fingerprint density at radius 3 is 2.62 bits per heavy atom. The smallest absolute Gasteiger partial charge is 0.335 e. The minimum absolute atomic E-state index is 0.0290. The number of aromatic carboxylic acids is 1. The fraction of sp³-hybridized carbons (Fsp3) is 0.154. The van der Waals surface area contributed by atoms with Crippen molar-refractivity contribution in [1.82, 2.24) is 4.31 Å². The van der Waals surface area contributed by atoms with Crippen molar-refractivity contribution in [3.05, 3.63) is 50.6 Å². The molecule has 0 aliphatic heterocycles. The molecule has 21 heavy (non-hydrogen) atoms. The summed E-state index contributed by atoms with van der Waals surface area (Å²) < 4.78 is 26.5. The Hall–Kier alpha value is -1.22. The van der Waals surface area contributed by atoms with Gasteiger partial charge in [0.15, 0.2) is 0 Å². The number of thiophene rings is 1. The summed E-state index contributed by atoms with van der Waals surface area (Å²) in [5.41, 5.74) is 0.936. The molecule has 0 saturated heterocycles. The SMILES string of the molecule is CN(Cc1ccsc1)S(=O)(=O)c1ccc(C(=O)O)cc1Br. The van der Waals surface area contributed by atoms with E-state index in [4.69, 9.17) is 5.11 Å². The number of carbonyl (C=O) groups is 1. The fourth-order valence-corrected chi connectivity index (χ4v) is 4.59. The van der Waals surface area contributed by atoms with Gasteiger partial charge in [-0.2, -0.15) is 15.6 Å². The summed E-state index contributed by atoms with van der Waals surface area (Å²) in [5.74, 6) is -1.11. The summed E-state index contributed by atoms with van der Waals surface area (Å²) in [7, 11) is -2.20. The molecule has 1 heterocycles. The summed E-state index contributed by atoms with van der Waals surface area (Å²) in [4.78, 5) is 10.9. The Morgan fingerprint density at radius 2 is 2.10 bits per heavy atom. The molecule has 112 valence electrons. The van der Waals surface area contributed by atoms with Gasteiger partial charge in [-0.1, -0.05) is 0 Å². The number of benzene rings is 1. The maximum absolute atomic E-state index is 12.5. The number of halogens is 1. The number of rotatable bonds is 5. The Morgan fingerprint density at radius 1 is 1.38 bits per heavy atom. The lowest BCUT2D eigenvalue weighted by Crippen LogP contribution is -2.26. The van der Waals surface area contributed by atoms with Crippen molar-refractivity contribution >= 4 is 43.3 Å². The van der Waals surface area contributed by atoms with E-state index in [2.05, 4.69) is 15.9 Å². The fourth-order valence-electron chi connectivity index (χ4n) is 1.74. The van der Waals surface area contributed by atoms with Gasteiger partial charge in [-0.3, -0.25) is 0 Å². The third-order valence-electron chi connectivity index (χ3n) is 2.85. The van der Waals surface area contributed by atoms with Gasteiger partial charge in [0, 0.05) is 18.1 Å². The van der Waals surface area contributed by atoms with Crippen LogP contribution in [0, 0.1) is 0 Å². The van der Waals surface area contributed by atoms with Gasteiger partial charge in [0.2, 0.25) is 10.0 Å². The molecule has 2 rings (SSSR count). The van der Waals surface area contributed by atoms with E-state index >= 15 is 0 Å². The standard InChI is InChI=1S/C13H12BrNO4S2/c1-15(7-9-4-5-20-8-9)21(18,19)12-3-2-10(13(16)17)6-11(12)14/h2-6,8H,7H2,1H3,(H,16,17). The van der Waals surface area contributed by atoms with E-state index < -0.39 is 16.0 Å². The van der Waals surface area contributed by atoms with E-state index in [1.807, 2.05) is 16.8 Å². The van der Waals surface area contributed by atoms with E-state index in [-0.39, 0.29) is 21.5 Å². The number of carboxylic acids is 1. The van der Waals surface area contributed by atoms with Crippen LogP contribution >= 0.6 is 27.3 Å². The molecule has 0 radical (unpaired) electrons. The summed E-state index contributed by atoms with van der Waals surface area (Å²) in [6, 6.07) is 5.72. The van der Waals surface area contributed by atoms with Crippen molar-refractivity contribution in [2.45, 2.75) is 11.4 Å². The van der Waals surface area contributed by atoms with E-state index in [9.17, 15) is 13.2 Å². The molecule has 0 aliphatic rings. The molecule has 0 spiro atoms. The molecule has 1 aromatic carbocycles. The first-order chi connectivity index (χ1) is 9.82. The predicted molar refractivity (Wildman–Crippen MR) is 84.1 cm³/mol. The zero-order valence-corrected chi connectivity index (χ0v) is 14.2. The van der Waals surface area contributed by atoms with Crippen LogP contribution in [0.5, 0.6) is 0 Å². The summed E-state index contributed by atoms with van der Waals surface area (Å²) >= 11 is 4.63. The predicted octanol–water partition coefficient (Wildman–Crippen LogP) is 3.03. The second-order valence-electron chi connectivity index (χ2n) is 4.34. The first kappa shape index (κ1) is 16.2. The van der Waals surface area contributed by atoms with Crippen molar-refractivity contribution in [3.8, 4) is 0 Å². The maximum atomic E-state index is 12.5. The van der Waals surface area contributed by atoms with Gasteiger partial charge in [-0.25, -0.2) is 13.2 Å². The topological polar surface area (TPSA) is 74.7 Å². The molecule has 0 amide bonds. The molecule has 5 nitrogen and oxygen atoms in total. The molecule has 2 aromatic rings. The number of nitrogens with zero attached hydrogens (tertiary/aromatic N) is 1. The molecule has 0 aliphatic carbocycles. The van der Waals surface area contributed by atoms with Gasteiger partial charge in [0.05, 0.1) is 10.5 Å². The monoisotopic (exact) mass is 389 g/mol. The minimum atomic E-state index is -3.69. The van der Waals surface area contributed by atoms with Gasteiger partial charge in [-0.15, -0.1) is 0 Å². The molecule has 0 fully saturated rings. The molecule has 0 unspecified atom stereocenters. The molecule has 1 aromatic heterocycles. The first-order valence-corrected chi connectivity index (χ1v) is 9.00. The highest BCUT2D eigenvalue weighted by Crippen LogP contribution is 2.26. The number of carboxylic acid groups (broad SMARTS) is 1. The quantitative estimate of drug-likeness (QED) is 0.852. The van der Waals surface area contributed by atoms with Crippen LogP contribution < -0.4 is 0 Å². The lowest BCUT2D eigenvalue weighted by Gasteiger charge is -2.17. The minimum Gasteiger partial charge on any atom is -0.478 e. The van der Waals surface area contributed by atoms with Gasteiger partial charge < -0.3 is 5.11 Å². The van der Waals surface area contributed by atoms with E-state index in [1.165, 1.54) is 40.9 Å². The van der Waals surface area contributed by atoms with Crippen LogP contribution in [-0.4, -0.2) is 30.8 Å². The van der Waals surface area contributed by atoms with Crippen LogP contribution in [0.15, 0.2) is 44.4 Å². The second kappa shape index (κ2) is 6.27. The summed E-state index contributed by atoms with van der Waals surface area (Å²) in [6.45, 7) is 0.263. The number of sulfonamides is 1. The average molecular weight is 390 g/mol. The van der Waals surface area contributed by atoms with Crippen LogP contribution in [0.25, 0.3) is 0 Å². The molecule has 0 bridgehead atoms. The summed E-state index contributed by atoms with van der Waals surface area (Å²) in [5, 5.41) is 12.7. The van der Waals surface area contributed by atoms with Crippen molar-refractivity contribution in [1.29, 1.82) is 0 Å². The lowest BCUT2D eigenvalue weighted by molar-refractivity contribution is 0.0696. The molecular formula is C13H12BrNO4S2. The van der Waals surface area contributed by atoms with Crippen LogP contribution in [0.2, 0.25) is 0 Å². The van der Waals surface area contributed by atoms with Crippen molar-refractivity contribution in [2.75, 3.05) is 7.05 Å². The lowest BCUT2D eigenvalue weighted by atomic mass is 10.2. The third-order valence-corrected chi connectivity index (χ3v) is 6.36. The highest BCUT2D eigenvalue weighted by molar-refractivity contribution is 9.10. The van der Waals surface area contributed by atoms with Crippen LogP contribution in [0.1, 0.15) is 15.9 Å². The molecule has 0 saturated carbocycles. The average Bonchev–Trinajstić information content (AvgIpc) is 2.90. The Kier molecular flexibility index (Phi) is 4.82. The van der Waals surface area contributed by atoms with Crippen molar-refractivity contribution in [2.24, 2.45) is 0 Å². The van der Waals surface area contributed by atoms with Crippen molar-refractivity contribution in [3.63, 3.8) is 0 Å². The van der Waals surface area contributed by atoms with E-state index in [1.54, 1.807) is 0 Å². The Bertz CT molecular complexity index is 756. The van der Waals surface area contributed by atoms with E-state index in [0.717, 1.165) is 5.56 Å². The van der Waals surface area contributed by atoms with E-state index in [0.29, 0.717) is 0 Å². The Labute approximate surface area is 135 Å².